The number of hydrogen-bond acceptors (Lipinski definition) is 4. The maximum absolute atomic E-state index is 11.9. The first-order valence-corrected chi connectivity index (χ1v) is 8.61. The summed E-state index contributed by atoms with van der Waals surface area (Å²) in [5.74, 6) is 0.813. The first-order valence-electron chi connectivity index (χ1n) is 8.61. The molecule has 1 fully saturated rings. The molecule has 1 amide bonds. The van der Waals surface area contributed by atoms with Gasteiger partial charge in [0.2, 0.25) is 5.91 Å². The number of amides is 1. The minimum absolute atomic E-state index is 0.0574. The molecule has 0 spiro atoms. The highest BCUT2D eigenvalue weighted by Crippen LogP contribution is 2.24. The minimum atomic E-state index is 0.0574. The SMILES string of the molecule is CCCCC(=O)Nc1ccccc1OCCN1CCN(C)CC1. The molecule has 0 aromatic heterocycles. The van der Waals surface area contributed by atoms with E-state index >= 15 is 0 Å². The first-order chi connectivity index (χ1) is 11.2. The Hall–Kier alpha value is -1.59. The molecule has 2 rings (SSSR count). The van der Waals surface area contributed by atoms with E-state index in [1.54, 1.807) is 0 Å². The number of benzene rings is 1. The molecule has 0 atom stereocenters. The lowest BCUT2D eigenvalue weighted by Crippen LogP contribution is -2.45. The van der Waals surface area contributed by atoms with Crippen LogP contribution in [0.25, 0.3) is 0 Å². The van der Waals surface area contributed by atoms with Crippen LogP contribution in [0.5, 0.6) is 5.75 Å². The lowest BCUT2D eigenvalue weighted by atomic mass is 10.2. The lowest BCUT2D eigenvalue weighted by molar-refractivity contribution is -0.116. The van der Waals surface area contributed by atoms with Crippen LogP contribution in [0.4, 0.5) is 5.69 Å². The number of rotatable bonds is 8. The Balaban J connectivity index is 1.79. The highest BCUT2D eigenvalue weighted by atomic mass is 16.5. The van der Waals surface area contributed by atoms with Gasteiger partial charge in [-0.15, -0.1) is 0 Å². The molecular weight excluding hydrogens is 290 g/mol. The maximum Gasteiger partial charge on any atom is 0.224 e. The number of likely N-dealkylation sites (N-methyl/N-ethyl adjacent to an activating group) is 1. The molecule has 1 aliphatic heterocycles. The average molecular weight is 319 g/mol. The molecule has 5 heteroatoms. The van der Waals surface area contributed by atoms with Crippen molar-refractivity contribution >= 4 is 11.6 Å². The molecule has 1 saturated heterocycles. The van der Waals surface area contributed by atoms with Crippen LogP contribution in [0.2, 0.25) is 0 Å². The Morgan fingerprint density at radius 2 is 1.96 bits per heavy atom. The molecule has 5 nitrogen and oxygen atoms in total. The number of nitrogens with one attached hydrogen (secondary N) is 1. The highest BCUT2D eigenvalue weighted by molar-refractivity contribution is 5.92. The third kappa shape index (κ3) is 6.20. The van der Waals surface area contributed by atoms with E-state index in [2.05, 4.69) is 29.1 Å². The molecule has 0 aliphatic carbocycles. The van der Waals surface area contributed by atoms with Crippen molar-refractivity contribution in [3.8, 4) is 5.75 Å². The Morgan fingerprint density at radius 1 is 1.22 bits per heavy atom. The summed E-state index contributed by atoms with van der Waals surface area (Å²) in [6.07, 6.45) is 2.50. The van der Waals surface area contributed by atoms with Gasteiger partial charge in [-0.2, -0.15) is 0 Å². The molecule has 1 N–H and O–H groups in total. The van der Waals surface area contributed by atoms with E-state index in [4.69, 9.17) is 4.74 Å². The van der Waals surface area contributed by atoms with E-state index in [0.717, 1.165) is 57.0 Å². The van der Waals surface area contributed by atoms with E-state index in [1.165, 1.54) is 0 Å². The Labute approximate surface area is 139 Å². The van der Waals surface area contributed by atoms with E-state index in [0.29, 0.717) is 13.0 Å². The third-order valence-electron chi connectivity index (χ3n) is 4.18. The topological polar surface area (TPSA) is 44.8 Å². The second kappa shape index (κ2) is 9.53. The lowest BCUT2D eigenvalue weighted by Gasteiger charge is -2.32. The van der Waals surface area contributed by atoms with E-state index in [-0.39, 0.29) is 5.91 Å². The van der Waals surface area contributed by atoms with Crippen molar-refractivity contribution in [1.82, 2.24) is 9.80 Å². The predicted molar refractivity (Wildman–Crippen MR) is 94.0 cm³/mol. The molecule has 128 valence electrons. The molecular formula is C18H29N3O2. The molecule has 1 aliphatic rings. The van der Waals surface area contributed by atoms with Crippen molar-refractivity contribution in [2.45, 2.75) is 26.2 Å². The molecule has 0 radical (unpaired) electrons. The Bertz CT molecular complexity index is 485. The van der Waals surface area contributed by atoms with Gasteiger partial charge in [0.1, 0.15) is 12.4 Å². The fourth-order valence-corrected chi connectivity index (χ4v) is 2.60. The first kappa shape index (κ1) is 17.8. The largest absolute Gasteiger partial charge is 0.490 e. The number of hydrogen-bond donors (Lipinski definition) is 1. The van der Waals surface area contributed by atoms with Crippen molar-refractivity contribution in [2.75, 3.05) is 51.7 Å². The second-order valence-electron chi connectivity index (χ2n) is 6.14. The summed E-state index contributed by atoms with van der Waals surface area (Å²) >= 11 is 0. The summed E-state index contributed by atoms with van der Waals surface area (Å²) < 4.78 is 5.90. The van der Waals surface area contributed by atoms with Gasteiger partial charge in [0.05, 0.1) is 5.69 Å². The van der Waals surface area contributed by atoms with Gasteiger partial charge in [0.25, 0.3) is 0 Å². The number of ether oxygens (including phenoxy) is 1. The molecule has 1 heterocycles. The van der Waals surface area contributed by atoms with Crippen LogP contribution in [0.15, 0.2) is 24.3 Å². The van der Waals surface area contributed by atoms with Crippen molar-refractivity contribution < 1.29 is 9.53 Å². The third-order valence-corrected chi connectivity index (χ3v) is 4.18. The van der Waals surface area contributed by atoms with Crippen molar-refractivity contribution in [1.29, 1.82) is 0 Å². The van der Waals surface area contributed by atoms with E-state index < -0.39 is 0 Å². The van der Waals surface area contributed by atoms with Gasteiger partial charge >= 0.3 is 0 Å². The fourth-order valence-electron chi connectivity index (χ4n) is 2.60. The summed E-state index contributed by atoms with van der Waals surface area (Å²) in [5, 5.41) is 2.96. The molecule has 23 heavy (non-hydrogen) atoms. The molecule has 0 bridgehead atoms. The number of piperazine rings is 1. The van der Waals surface area contributed by atoms with Crippen LogP contribution < -0.4 is 10.1 Å². The summed E-state index contributed by atoms with van der Waals surface area (Å²) in [6.45, 7) is 8.07. The predicted octanol–water partition coefficient (Wildman–Crippen LogP) is 2.44. The minimum Gasteiger partial charge on any atom is -0.490 e. The maximum atomic E-state index is 11.9. The van der Waals surface area contributed by atoms with Crippen molar-refractivity contribution in [3.05, 3.63) is 24.3 Å². The standard InChI is InChI=1S/C18H29N3O2/c1-3-4-9-18(22)19-16-7-5-6-8-17(16)23-15-14-21-12-10-20(2)11-13-21/h5-8H,3-4,9-15H2,1-2H3,(H,19,22). The number of carbonyl (C=O) groups is 1. The zero-order valence-corrected chi connectivity index (χ0v) is 14.4. The van der Waals surface area contributed by atoms with Crippen molar-refractivity contribution in [2.24, 2.45) is 0 Å². The van der Waals surface area contributed by atoms with Gasteiger partial charge in [0, 0.05) is 39.1 Å². The monoisotopic (exact) mass is 319 g/mol. The van der Waals surface area contributed by atoms with Gasteiger partial charge in [-0.05, 0) is 25.6 Å². The summed E-state index contributed by atoms with van der Waals surface area (Å²) in [5.41, 5.74) is 0.770. The summed E-state index contributed by atoms with van der Waals surface area (Å²) in [6, 6.07) is 7.67. The zero-order chi connectivity index (χ0) is 16.5. The Kier molecular flexibility index (Phi) is 7.36. The van der Waals surface area contributed by atoms with Crippen LogP contribution >= 0.6 is 0 Å². The highest BCUT2D eigenvalue weighted by Gasteiger charge is 2.13. The molecule has 0 saturated carbocycles. The zero-order valence-electron chi connectivity index (χ0n) is 14.4. The number of nitrogens with zero attached hydrogens (tertiary/aromatic N) is 2. The number of carbonyl (C=O) groups excluding carboxylic acids is 1. The van der Waals surface area contributed by atoms with E-state index in [1.807, 2.05) is 24.3 Å². The van der Waals surface area contributed by atoms with Crippen LogP contribution in [0, 0.1) is 0 Å². The van der Waals surface area contributed by atoms with Gasteiger partial charge < -0.3 is 15.0 Å². The fraction of sp³-hybridized carbons (Fsp3) is 0.611. The molecule has 0 unspecified atom stereocenters. The summed E-state index contributed by atoms with van der Waals surface area (Å²) in [7, 11) is 2.16. The average Bonchev–Trinajstić information content (AvgIpc) is 2.56. The van der Waals surface area contributed by atoms with Crippen LogP contribution in [0.1, 0.15) is 26.2 Å². The molecule has 1 aromatic rings. The van der Waals surface area contributed by atoms with Gasteiger partial charge in [-0.3, -0.25) is 9.69 Å². The smallest absolute Gasteiger partial charge is 0.224 e. The van der Waals surface area contributed by atoms with Gasteiger partial charge in [-0.1, -0.05) is 25.5 Å². The van der Waals surface area contributed by atoms with Crippen molar-refractivity contribution in [3.63, 3.8) is 0 Å². The van der Waals surface area contributed by atoms with Gasteiger partial charge in [0.15, 0.2) is 0 Å². The summed E-state index contributed by atoms with van der Waals surface area (Å²) in [4.78, 5) is 16.7. The Morgan fingerprint density at radius 3 is 2.70 bits per heavy atom. The van der Waals surface area contributed by atoms with Gasteiger partial charge in [-0.25, -0.2) is 0 Å². The number of unbranched alkanes of at least 4 members (excludes halogenated alkanes) is 1. The second-order valence-corrected chi connectivity index (χ2v) is 6.14. The van der Waals surface area contributed by atoms with Crippen LogP contribution in [-0.4, -0.2) is 62.1 Å². The van der Waals surface area contributed by atoms with Crippen LogP contribution in [-0.2, 0) is 4.79 Å². The van der Waals surface area contributed by atoms with Crippen LogP contribution in [0.3, 0.4) is 0 Å². The quantitative estimate of drug-likeness (QED) is 0.799. The molecule has 1 aromatic carbocycles. The number of anilines is 1. The van der Waals surface area contributed by atoms with E-state index in [9.17, 15) is 4.79 Å². The number of para-hydroxylation sites is 2. The normalized spacial score (nSPS) is 16.3.